The first-order chi connectivity index (χ1) is 11.4. The lowest BCUT2D eigenvalue weighted by atomic mass is 10.1. The molecule has 0 aromatic carbocycles. The summed E-state index contributed by atoms with van der Waals surface area (Å²) in [6.07, 6.45) is 2.05. The van der Waals surface area contributed by atoms with Crippen molar-refractivity contribution in [3.8, 4) is 0 Å². The minimum Gasteiger partial charge on any atom is -0.361 e. The zero-order chi connectivity index (χ0) is 17.4. The molecule has 132 valence electrons. The van der Waals surface area contributed by atoms with E-state index >= 15 is 0 Å². The predicted octanol–water partition coefficient (Wildman–Crippen LogP) is 2.90. The van der Waals surface area contributed by atoms with Crippen molar-refractivity contribution < 1.29 is 4.52 Å². The molecule has 1 atom stereocenters. The van der Waals surface area contributed by atoms with Crippen molar-refractivity contribution in [1.29, 1.82) is 0 Å². The van der Waals surface area contributed by atoms with Crippen LogP contribution in [0.15, 0.2) is 10.7 Å². The molecule has 2 aromatic heterocycles. The molecule has 6 nitrogen and oxygen atoms in total. The third kappa shape index (κ3) is 3.13. The maximum absolute atomic E-state index is 5.31. The predicted molar refractivity (Wildman–Crippen MR) is 93.6 cm³/mol. The standard InChI is InChI=1S/C18H29N5O/c1-12(2)21(6)10-16-9-19-18-14(4)22(7-8-23(16)18)11-17-13(3)20-24-15(17)5/h9,12,14H,7-8,10-11H2,1-6H3/t14-/m0/s1. The van der Waals surface area contributed by atoms with Gasteiger partial charge in [-0.3, -0.25) is 9.80 Å². The summed E-state index contributed by atoms with van der Waals surface area (Å²) in [7, 11) is 2.17. The zero-order valence-electron chi connectivity index (χ0n) is 15.7. The van der Waals surface area contributed by atoms with E-state index in [4.69, 9.17) is 9.51 Å². The summed E-state index contributed by atoms with van der Waals surface area (Å²) < 4.78 is 7.70. The van der Waals surface area contributed by atoms with Crippen molar-refractivity contribution in [1.82, 2.24) is 24.5 Å². The fourth-order valence-corrected chi connectivity index (χ4v) is 3.32. The van der Waals surface area contributed by atoms with Gasteiger partial charge in [-0.1, -0.05) is 5.16 Å². The Balaban J connectivity index is 1.77. The molecule has 1 aliphatic rings. The van der Waals surface area contributed by atoms with Crippen molar-refractivity contribution in [3.63, 3.8) is 0 Å². The summed E-state index contributed by atoms with van der Waals surface area (Å²) in [5, 5.41) is 4.08. The second-order valence-electron chi connectivity index (χ2n) is 7.22. The Kier molecular flexibility index (Phi) is 4.78. The van der Waals surface area contributed by atoms with Gasteiger partial charge in [0.2, 0.25) is 0 Å². The number of fused-ring (bicyclic) bond motifs is 1. The highest BCUT2D eigenvalue weighted by Crippen LogP contribution is 2.28. The van der Waals surface area contributed by atoms with Crippen LogP contribution in [0.3, 0.4) is 0 Å². The Morgan fingerprint density at radius 1 is 1.33 bits per heavy atom. The molecular formula is C18H29N5O. The molecule has 0 radical (unpaired) electrons. The van der Waals surface area contributed by atoms with Crippen molar-refractivity contribution in [2.75, 3.05) is 13.6 Å². The van der Waals surface area contributed by atoms with Gasteiger partial charge < -0.3 is 9.09 Å². The smallest absolute Gasteiger partial charge is 0.138 e. The first-order valence-corrected chi connectivity index (χ1v) is 8.78. The van der Waals surface area contributed by atoms with Gasteiger partial charge in [-0.05, 0) is 41.7 Å². The second-order valence-corrected chi connectivity index (χ2v) is 7.22. The largest absolute Gasteiger partial charge is 0.361 e. The number of aryl methyl sites for hydroxylation is 2. The Bertz CT molecular complexity index is 683. The quantitative estimate of drug-likeness (QED) is 0.843. The van der Waals surface area contributed by atoms with Crippen molar-refractivity contribution >= 4 is 0 Å². The Labute approximate surface area is 144 Å². The topological polar surface area (TPSA) is 50.3 Å². The van der Waals surface area contributed by atoms with Crippen LogP contribution in [-0.4, -0.2) is 44.1 Å². The van der Waals surface area contributed by atoms with Crippen molar-refractivity contribution in [2.24, 2.45) is 0 Å². The molecule has 0 unspecified atom stereocenters. The number of hydrogen-bond acceptors (Lipinski definition) is 5. The van der Waals surface area contributed by atoms with Crippen LogP contribution in [0.5, 0.6) is 0 Å². The van der Waals surface area contributed by atoms with E-state index in [1.54, 1.807) is 0 Å². The summed E-state index contributed by atoms with van der Waals surface area (Å²) in [6.45, 7) is 14.5. The van der Waals surface area contributed by atoms with Crippen LogP contribution >= 0.6 is 0 Å². The lowest BCUT2D eigenvalue weighted by molar-refractivity contribution is 0.151. The lowest BCUT2D eigenvalue weighted by Crippen LogP contribution is -2.38. The molecule has 1 aliphatic heterocycles. The summed E-state index contributed by atoms with van der Waals surface area (Å²) in [5.41, 5.74) is 3.51. The van der Waals surface area contributed by atoms with Crippen molar-refractivity contribution in [3.05, 3.63) is 34.7 Å². The highest BCUT2D eigenvalue weighted by Gasteiger charge is 2.28. The third-order valence-electron chi connectivity index (χ3n) is 5.34. The molecular weight excluding hydrogens is 302 g/mol. The van der Waals surface area contributed by atoms with Crippen LogP contribution in [0.2, 0.25) is 0 Å². The van der Waals surface area contributed by atoms with E-state index in [0.29, 0.717) is 12.1 Å². The van der Waals surface area contributed by atoms with E-state index in [1.807, 2.05) is 20.0 Å². The zero-order valence-corrected chi connectivity index (χ0v) is 15.7. The third-order valence-corrected chi connectivity index (χ3v) is 5.34. The van der Waals surface area contributed by atoms with E-state index in [2.05, 4.69) is 47.3 Å². The van der Waals surface area contributed by atoms with Gasteiger partial charge in [0.25, 0.3) is 0 Å². The first-order valence-electron chi connectivity index (χ1n) is 8.78. The summed E-state index contributed by atoms with van der Waals surface area (Å²) in [5.74, 6) is 2.09. The Hall–Kier alpha value is -1.66. The molecule has 6 heteroatoms. The molecule has 3 heterocycles. The van der Waals surface area contributed by atoms with Gasteiger partial charge in [0.15, 0.2) is 0 Å². The molecule has 0 fully saturated rings. The lowest BCUT2D eigenvalue weighted by Gasteiger charge is -2.34. The van der Waals surface area contributed by atoms with Crippen LogP contribution in [0.1, 0.15) is 55.3 Å². The number of rotatable bonds is 5. The van der Waals surface area contributed by atoms with Crippen molar-refractivity contribution in [2.45, 2.75) is 66.3 Å². The fraction of sp³-hybridized carbons (Fsp3) is 0.667. The summed E-state index contributed by atoms with van der Waals surface area (Å²) >= 11 is 0. The SMILES string of the molecule is Cc1noc(C)c1CN1CCn2c(CN(C)C(C)C)cnc2[C@@H]1C. The summed E-state index contributed by atoms with van der Waals surface area (Å²) in [4.78, 5) is 9.55. The fourth-order valence-electron chi connectivity index (χ4n) is 3.32. The second kappa shape index (κ2) is 6.69. The molecule has 3 rings (SSSR count). The normalized spacial score (nSPS) is 18.6. The Morgan fingerprint density at radius 3 is 2.71 bits per heavy atom. The highest BCUT2D eigenvalue weighted by molar-refractivity contribution is 5.21. The number of nitrogens with zero attached hydrogens (tertiary/aromatic N) is 5. The molecule has 0 saturated heterocycles. The van der Waals surface area contributed by atoms with E-state index in [9.17, 15) is 0 Å². The van der Waals surface area contributed by atoms with Gasteiger partial charge in [0.05, 0.1) is 17.4 Å². The maximum atomic E-state index is 5.31. The van der Waals surface area contributed by atoms with Crippen LogP contribution in [0, 0.1) is 13.8 Å². The van der Waals surface area contributed by atoms with Gasteiger partial charge >= 0.3 is 0 Å². The molecule has 2 aromatic rings. The van der Waals surface area contributed by atoms with E-state index < -0.39 is 0 Å². The maximum Gasteiger partial charge on any atom is 0.138 e. The van der Waals surface area contributed by atoms with Crippen LogP contribution in [-0.2, 0) is 19.6 Å². The van der Waals surface area contributed by atoms with Gasteiger partial charge in [-0.25, -0.2) is 4.98 Å². The summed E-state index contributed by atoms with van der Waals surface area (Å²) in [6, 6.07) is 0.832. The van der Waals surface area contributed by atoms with Gasteiger partial charge in [-0.2, -0.15) is 0 Å². The number of hydrogen-bond donors (Lipinski definition) is 0. The highest BCUT2D eigenvalue weighted by atomic mass is 16.5. The van der Waals surface area contributed by atoms with E-state index in [-0.39, 0.29) is 0 Å². The van der Waals surface area contributed by atoms with Crippen LogP contribution in [0.4, 0.5) is 0 Å². The van der Waals surface area contributed by atoms with E-state index in [1.165, 1.54) is 17.1 Å². The molecule has 0 bridgehead atoms. The molecule has 0 saturated carbocycles. The average molecular weight is 331 g/mol. The number of imidazole rings is 1. The minimum atomic E-state index is 0.297. The van der Waals surface area contributed by atoms with E-state index in [0.717, 1.165) is 37.6 Å². The van der Waals surface area contributed by atoms with Crippen LogP contribution < -0.4 is 0 Å². The Morgan fingerprint density at radius 2 is 2.08 bits per heavy atom. The molecule has 0 amide bonds. The molecule has 0 spiro atoms. The van der Waals surface area contributed by atoms with Crippen LogP contribution in [0.25, 0.3) is 0 Å². The number of aromatic nitrogens is 3. The van der Waals surface area contributed by atoms with Gasteiger partial charge in [-0.15, -0.1) is 0 Å². The molecule has 0 N–H and O–H groups in total. The first kappa shape index (κ1) is 17.2. The minimum absolute atomic E-state index is 0.297. The van der Waals surface area contributed by atoms with Gasteiger partial charge in [0.1, 0.15) is 11.6 Å². The molecule has 0 aliphatic carbocycles. The monoisotopic (exact) mass is 331 g/mol. The molecule has 24 heavy (non-hydrogen) atoms. The van der Waals surface area contributed by atoms with Gasteiger partial charge in [0, 0.05) is 44.0 Å². The average Bonchev–Trinajstić information content (AvgIpc) is 3.08.